The van der Waals surface area contributed by atoms with Gasteiger partial charge >= 0.3 is 0 Å². The number of nitrogens with zero attached hydrogens (tertiary/aromatic N) is 3. The van der Waals surface area contributed by atoms with Gasteiger partial charge in [-0.25, -0.2) is 0 Å². The highest BCUT2D eigenvalue weighted by atomic mass is 16.5. The Morgan fingerprint density at radius 2 is 1.65 bits per heavy atom. The summed E-state index contributed by atoms with van der Waals surface area (Å²) in [5.74, 6) is 0.841. The zero-order chi connectivity index (χ0) is 18.4. The van der Waals surface area contributed by atoms with Gasteiger partial charge in [0.1, 0.15) is 5.75 Å². The molecule has 0 unspecified atom stereocenters. The third-order valence-corrected chi connectivity index (χ3v) is 5.21. The lowest BCUT2D eigenvalue weighted by atomic mass is 9.94. The lowest BCUT2D eigenvalue weighted by Crippen LogP contribution is -2.46. The summed E-state index contributed by atoms with van der Waals surface area (Å²) in [4.78, 5) is 28.7. The van der Waals surface area contributed by atoms with Crippen molar-refractivity contribution in [3.63, 3.8) is 0 Å². The number of amides is 2. The van der Waals surface area contributed by atoms with E-state index in [0.717, 1.165) is 38.8 Å². The van der Waals surface area contributed by atoms with E-state index in [1.807, 2.05) is 11.0 Å². The van der Waals surface area contributed by atoms with Crippen LogP contribution in [0.15, 0.2) is 24.3 Å². The molecule has 1 aromatic carbocycles. The number of carbonyl (C=O) groups is 2. The van der Waals surface area contributed by atoms with Crippen molar-refractivity contribution in [2.24, 2.45) is 5.92 Å². The molecule has 0 atom stereocenters. The van der Waals surface area contributed by atoms with Gasteiger partial charge in [-0.3, -0.25) is 9.59 Å². The van der Waals surface area contributed by atoms with Crippen molar-refractivity contribution in [3.8, 4) is 11.8 Å². The number of benzene rings is 1. The Balaban J connectivity index is 1.42. The van der Waals surface area contributed by atoms with Crippen LogP contribution in [-0.4, -0.2) is 54.4 Å². The maximum atomic E-state index is 12.6. The normalized spacial score (nSPS) is 18.3. The summed E-state index contributed by atoms with van der Waals surface area (Å²) in [6, 6.07) is 8.75. The van der Waals surface area contributed by atoms with Crippen LogP contribution in [0.25, 0.3) is 0 Å². The molecular weight excluding hydrogens is 330 g/mol. The van der Waals surface area contributed by atoms with Gasteiger partial charge in [-0.1, -0.05) is 0 Å². The minimum Gasteiger partial charge on any atom is -0.484 e. The van der Waals surface area contributed by atoms with E-state index in [0.29, 0.717) is 24.4 Å². The fourth-order valence-electron chi connectivity index (χ4n) is 3.61. The monoisotopic (exact) mass is 355 g/mol. The van der Waals surface area contributed by atoms with E-state index in [-0.39, 0.29) is 24.3 Å². The average Bonchev–Trinajstić information content (AvgIpc) is 2.72. The van der Waals surface area contributed by atoms with Crippen molar-refractivity contribution in [3.05, 3.63) is 29.8 Å². The third kappa shape index (κ3) is 4.54. The van der Waals surface area contributed by atoms with Crippen molar-refractivity contribution in [2.75, 3.05) is 32.8 Å². The Morgan fingerprint density at radius 3 is 2.27 bits per heavy atom. The van der Waals surface area contributed by atoms with E-state index in [1.54, 1.807) is 29.2 Å². The van der Waals surface area contributed by atoms with Gasteiger partial charge in [0.2, 0.25) is 5.91 Å². The molecule has 2 saturated heterocycles. The predicted octanol–water partition coefficient (Wildman–Crippen LogP) is 2.19. The van der Waals surface area contributed by atoms with E-state index in [1.165, 1.54) is 6.42 Å². The van der Waals surface area contributed by atoms with Crippen LogP contribution in [-0.2, 0) is 9.59 Å². The van der Waals surface area contributed by atoms with Gasteiger partial charge in [0.25, 0.3) is 5.91 Å². The molecule has 0 aliphatic carbocycles. The number of carbonyl (C=O) groups excluding carboxylic acids is 2. The van der Waals surface area contributed by atoms with Gasteiger partial charge < -0.3 is 14.5 Å². The minimum absolute atomic E-state index is 0.0172. The summed E-state index contributed by atoms with van der Waals surface area (Å²) in [5.41, 5.74) is 0.559. The molecule has 0 N–H and O–H groups in total. The smallest absolute Gasteiger partial charge is 0.260 e. The first-order valence-corrected chi connectivity index (χ1v) is 9.37. The molecule has 0 spiro atoms. The molecule has 0 bridgehead atoms. The summed E-state index contributed by atoms with van der Waals surface area (Å²) in [5, 5.41) is 8.78. The van der Waals surface area contributed by atoms with Crippen LogP contribution in [0.5, 0.6) is 5.75 Å². The molecule has 2 aliphatic heterocycles. The topological polar surface area (TPSA) is 73.6 Å². The number of piperidine rings is 2. The van der Waals surface area contributed by atoms with Crippen LogP contribution in [0.3, 0.4) is 0 Å². The number of ether oxygens (including phenoxy) is 1. The molecular formula is C20H25N3O3. The third-order valence-electron chi connectivity index (χ3n) is 5.21. The number of likely N-dealkylation sites (tertiary alicyclic amines) is 2. The largest absolute Gasteiger partial charge is 0.484 e. The molecule has 2 heterocycles. The van der Waals surface area contributed by atoms with Gasteiger partial charge in [0, 0.05) is 32.1 Å². The number of nitriles is 1. The molecule has 3 rings (SSSR count). The first-order chi connectivity index (χ1) is 12.7. The quantitative estimate of drug-likeness (QED) is 0.830. The van der Waals surface area contributed by atoms with Gasteiger partial charge in [0.05, 0.1) is 11.6 Å². The molecule has 0 aromatic heterocycles. The van der Waals surface area contributed by atoms with Crippen molar-refractivity contribution < 1.29 is 14.3 Å². The number of hydrogen-bond acceptors (Lipinski definition) is 4. The Labute approximate surface area is 154 Å². The molecule has 0 radical (unpaired) electrons. The van der Waals surface area contributed by atoms with Crippen molar-refractivity contribution in [1.29, 1.82) is 5.26 Å². The Morgan fingerprint density at radius 1 is 1.00 bits per heavy atom. The highest BCUT2D eigenvalue weighted by molar-refractivity contribution is 5.80. The van der Waals surface area contributed by atoms with E-state index in [4.69, 9.17) is 10.00 Å². The number of hydrogen-bond donors (Lipinski definition) is 0. The van der Waals surface area contributed by atoms with Gasteiger partial charge in [-0.15, -0.1) is 0 Å². The maximum absolute atomic E-state index is 12.6. The predicted molar refractivity (Wildman–Crippen MR) is 96.4 cm³/mol. The number of rotatable bonds is 4. The molecule has 6 nitrogen and oxygen atoms in total. The van der Waals surface area contributed by atoms with E-state index in [2.05, 4.69) is 0 Å². The highest BCUT2D eigenvalue weighted by Gasteiger charge is 2.30. The second-order valence-electron chi connectivity index (χ2n) is 6.97. The lowest BCUT2D eigenvalue weighted by molar-refractivity contribution is -0.142. The standard InChI is InChI=1S/C20H25N3O3/c21-14-16-4-6-18(7-5-16)26-15-19(24)22-12-8-17(9-13-22)20(25)23-10-2-1-3-11-23/h4-7,17H,1-3,8-13,15H2. The molecule has 138 valence electrons. The van der Waals surface area contributed by atoms with Crippen LogP contribution in [0.4, 0.5) is 0 Å². The van der Waals surface area contributed by atoms with Gasteiger partial charge in [-0.05, 0) is 56.4 Å². The molecule has 0 saturated carbocycles. The fourth-order valence-corrected chi connectivity index (χ4v) is 3.61. The first kappa shape index (κ1) is 18.2. The van der Waals surface area contributed by atoms with Crippen LogP contribution < -0.4 is 4.74 Å². The highest BCUT2D eigenvalue weighted by Crippen LogP contribution is 2.22. The minimum atomic E-state index is -0.0572. The summed E-state index contributed by atoms with van der Waals surface area (Å²) < 4.78 is 5.51. The van der Waals surface area contributed by atoms with Gasteiger partial charge in [0.15, 0.2) is 6.61 Å². The van der Waals surface area contributed by atoms with Crippen molar-refractivity contribution in [2.45, 2.75) is 32.1 Å². The van der Waals surface area contributed by atoms with E-state index >= 15 is 0 Å². The molecule has 2 fully saturated rings. The summed E-state index contributed by atoms with van der Waals surface area (Å²) in [6.07, 6.45) is 4.90. The molecule has 6 heteroatoms. The van der Waals surface area contributed by atoms with Crippen LogP contribution in [0, 0.1) is 17.2 Å². The summed E-state index contributed by atoms with van der Waals surface area (Å²) >= 11 is 0. The van der Waals surface area contributed by atoms with Crippen molar-refractivity contribution in [1.82, 2.24) is 9.80 Å². The lowest BCUT2D eigenvalue weighted by Gasteiger charge is -2.35. The molecule has 2 aliphatic rings. The van der Waals surface area contributed by atoms with Gasteiger partial charge in [-0.2, -0.15) is 5.26 Å². The molecule has 1 aromatic rings. The van der Waals surface area contributed by atoms with Crippen LogP contribution in [0.2, 0.25) is 0 Å². The summed E-state index contributed by atoms with van der Waals surface area (Å²) in [6.45, 7) is 2.98. The van der Waals surface area contributed by atoms with Crippen LogP contribution >= 0.6 is 0 Å². The average molecular weight is 355 g/mol. The zero-order valence-electron chi connectivity index (χ0n) is 15.0. The SMILES string of the molecule is N#Cc1ccc(OCC(=O)N2CCC(C(=O)N3CCCCC3)CC2)cc1. The second kappa shape index (κ2) is 8.70. The maximum Gasteiger partial charge on any atom is 0.260 e. The zero-order valence-corrected chi connectivity index (χ0v) is 15.0. The Bertz CT molecular complexity index is 667. The Hall–Kier alpha value is -2.55. The van der Waals surface area contributed by atoms with Crippen LogP contribution in [0.1, 0.15) is 37.7 Å². The molecule has 2 amide bonds. The fraction of sp³-hybridized carbons (Fsp3) is 0.550. The van der Waals surface area contributed by atoms with E-state index < -0.39 is 0 Å². The first-order valence-electron chi connectivity index (χ1n) is 9.37. The molecule has 26 heavy (non-hydrogen) atoms. The van der Waals surface area contributed by atoms with E-state index in [9.17, 15) is 9.59 Å². The Kier molecular flexibility index (Phi) is 6.11. The van der Waals surface area contributed by atoms with Crippen molar-refractivity contribution >= 4 is 11.8 Å². The summed E-state index contributed by atoms with van der Waals surface area (Å²) in [7, 11) is 0. The second-order valence-corrected chi connectivity index (χ2v) is 6.97.